The molecule has 0 atom stereocenters. The van der Waals surface area contributed by atoms with Crippen LogP contribution in [0.2, 0.25) is 5.02 Å². The fraction of sp³-hybridized carbons (Fsp3) is 0.600. The maximum Gasteiger partial charge on any atom is 0.100 e. The highest BCUT2D eigenvalue weighted by Gasteiger charge is 2.46. The van der Waals surface area contributed by atoms with Gasteiger partial charge in [-0.15, -0.1) is 11.3 Å². The second-order valence-corrected chi connectivity index (χ2v) is 5.52. The Labute approximate surface area is 86.3 Å². The molecule has 0 unspecified atom stereocenters. The minimum Gasteiger partial charge on any atom is -0.384 e. The maximum absolute atomic E-state index is 9.96. The quantitative estimate of drug-likeness (QED) is 0.762. The molecule has 1 fully saturated rings. The molecule has 13 heavy (non-hydrogen) atoms. The van der Waals surface area contributed by atoms with Crippen LogP contribution < -0.4 is 0 Å². The van der Waals surface area contributed by atoms with Crippen LogP contribution in [0.15, 0.2) is 0 Å². The number of rotatable bonds is 1. The lowest BCUT2D eigenvalue weighted by atomic mass is 10.2. The topological polar surface area (TPSA) is 20.2 Å². The number of fused-ring (bicyclic) bond motifs is 1. The van der Waals surface area contributed by atoms with E-state index in [0.29, 0.717) is 0 Å². The maximum atomic E-state index is 9.96. The van der Waals surface area contributed by atoms with Crippen molar-refractivity contribution in [2.24, 2.45) is 0 Å². The summed E-state index contributed by atoms with van der Waals surface area (Å²) >= 11 is 7.98. The molecule has 0 bridgehead atoms. The lowest BCUT2D eigenvalue weighted by molar-refractivity contribution is 0.155. The van der Waals surface area contributed by atoms with Gasteiger partial charge in [0.2, 0.25) is 0 Å². The fourth-order valence-electron chi connectivity index (χ4n) is 2.01. The first-order valence-corrected chi connectivity index (χ1v) is 5.93. The van der Waals surface area contributed by atoms with E-state index >= 15 is 0 Å². The summed E-state index contributed by atoms with van der Waals surface area (Å²) in [6.07, 6.45) is 5.30. The van der Waals surface area contributed by atoms with E-state index in [-0.39, 0.29) is 0 Å². The second kappa shape index (κ2) is 2.50. The Kier molecular flexibility index (Phi) is 1.59. The Balaban J connectivity index is 2.12. The molecule has 1 aromatic heterocycles. The molecule has 70 valence electrons. The molecule has 0 aliphatic heterocycles. The molecule has 0 amide bonds. The first-order chi connectivity index (χ1) is 6.21. The zero-order chi connectivity index (χ0) is 9.05. The molecular weight excluding hydrogens is 204 g/mol. The number of aryl methyl sites for hydroxylation is 1. The highest BCUT2D eigenvalue weighted by molar-refractivity contribution is 7.13. The van der Waals surface area contributed by atoms with Crippen molar-refractivity contribution in [3.05, 3.63) is 20.3 Å². The van der Waals surface area contributed by atoms with Crippen molar-refractivity contribution in [1.82, 2.24) is 0 Å². The minimum absolute atomic E-state index is 0.536. The first-order valence-electron chi connectivity index (χ1n) is 4.74. The number of hydrogen-bond donors (Lipinski definition) is 1. The van der Waals surface area contributed by atoms with Gasteiger partial charge in [-0.05, 0) is 37.7 Å². The lowest BCUT2D eigenvalue weighted by Gasteiger charge is -2.05. The third kappa shape index (κ3) is 1.09. The predicted molar refractivity (Wildman–Crippen MR) is 54.5 cm³/mol. The Morgan fingerprint density at radius 1 is 1.31 bits per heavy atom. The van der Waals surface area contributed by atoms with Crippen LogP contribution in [0.5, 0.6) is 0 Å². The molecule has 0 saturated heterocycles. The van der Waals surface area contributed by atoms with E-state index in [1.54, 1.807) is 11.3 Å². The van der Waals surface area contributed by atoms with Crippen molar-refractivity contribution in [3.8, 4) is 0 Å². The SMILES string of the molecule is OC1(c2sc3c(c2Cl)CCC3)CC1. The number of aliphatic hydroxyl groups is 1. The van der Waals surface area contributed by atoms with Crippen LogP contribution in [-0.2, 0) is 18.4 Å². The minimum atomic E-state index is -0.536. The van der Waals surface area contributed by atoms with Gasteiger partial charge < -0.3 is 5.11 Å². The van der Waals surface area contributed by atoms with Crippen LogP contribution in [0.25, 0.3) is 0 Å². The zero-order valence-electron chi connectivity index (χ0n) is 7.27. The summed E-state index contributed by atoms with van der Waals surface area (Å²) in [5.41, 5.74) is 0.786. The van der Waals surface area contributed by atoms with Gasteiger partial charge in [0.25, 0.3) is 0 Å². The third-order valence-corrected chi connectivity index (χ3v) is 5.02. The van der Waals surface area contributed by atoms with Crippen LogP contribution >= 0.6 is 22.9 Å². The van der Waals surface area contributed by atoms with Crippen LogP contribution in [0, 0.1) is 0 Å². The van der Waals surface area contributed by atoms with Gasteiger partial charge in [-0.1, -0.05) is 11.6 Å². The summed E-state index contributed by atoms with van der Waals surface area (Å²) in [6.45, 7) is 0. The largest absolute Gasteiger partial charge is 0.384 e. The van der Waals surface area contributed by atoms with Crippen LogP contribution in [0.1, 0.15) is 34.6 Å². The smallest absolute Gasteiger partial charge is 0.100 e. The van der Waals surface area contributed by atoms with E-state index in [4.69, 9.17) is 11.6 Å². The average molecular weight is 215 g/mol. The van der Waals surface area contributed by atoms with Crippen molar-refractivity contribution in [1.29, 1.82) is 0 Å². The number of thiophene rings is 1. The molecule has 0 aromatic carbocycles. The van der Waals surface area contributed by atoms with Crippen molar-refractivity contribution in [3.63, 3.8) is 0 Å². The average Bonchev–Trinajstić information content (AvgIpc) is 2.62. The second-order valence-electron chi connectivity index (χ2n) is 4.03. The third-order valence-electron chi connectivity index (χ3n) is 3.00. The van der Waals surface area contributed by atoms with Gasteiger partial charge in [0.05, 0.1) is 9.90 Å². The molecule has 2 aliphatic carbocycles. The van der Waals surface area contributed by atoms with Crippen molar-refractivity contribution in [2.75, 3.05) is 0 Å². The van der Waals surface area contributed by atoms with Gasteiger partial charge in [0.1, 0.15) is 5.60 Å². The van der Waals surface area contributed by atoms with E-state index in [9.17, 15) is 5.11 Å². The molecule has 1 heterocycles. The molecule has 2 aliphatic rings. The molecule has 1 saturated carbocycles. The molecule has 1 nitrogen and oxygen atoms in total. The van der Waals surface area contributed by atoms with Crippen molar-refractivity contribution in [2.45, 2.75) is 37.7 Å². The molecule has 3 rings (SSSR count). The van der Waals surface area contributed by atoms with Crippen molar-refractivity contribution < 1.29 is 5.11 Å². The molecule has 0 radical (unpaired) electrons. The normalized spacial score (nSPS) is 23.2. The van der Waals surface area contributed by atoms with Crippen molar-refractivity contribution >= 4 is 22.9 Å². The molecule has 1 aromatic rings. The van der Waals surface area contributed by atoms with Gasteiger partial charge >= 0.3 is 0 Å². The Bertz CT molecular complexity index is 365. The van der Waals surface area contributed by atoms with Crippen LogP contribution in [-0.4, -0.2) is 5.11 Å². The summed E-state index contributed by atoms with van der Waals surface area (Å²) < 4.78 is 0. The first kappa shape index (κ1) is 8.27. The van der Waals surface area contributed by atoms with E-state index in [1.807, 2.05) is 0 Å². The Hall–Kier alpha value is -0.0500. The van der Waals surface area contributed by atoms with Gasteiger partial charge in [0, 0.05) is 4.88 Å². The van der Waals surface area contributed by atoms with Crippen LogP contribution in [0.3, 0.4) is 0 Å². The fourth-order valence-corrected chi connectivity index (χ4v) is 3.99. The Morgan fingerprint density at radius 2 is 2.08 bits per heavy atom. The van der Waals surface area contributed by atoms with E-state index < -0.39 is 5.60 Å². The lowest BCUT2D eigenvalue weighted by Crippen LogP contribution is -2.01. The summed E-state index contributed by atoms with van der Waals surface area (Å²) in [6, 6.07) is 0. The zero-order valence-corrected chi connectivity index (χ0v) is 8.84. The van der Waals surface area contributed by atoms with Gasteiger partial charge in [-0.25, -0.2) is 0 Å². The summed E-state index contributed by atoms with van der Waals surface area (Å²) in [7, 11) is 0. The highest BCUT2D eigenvalue weighted by Crippen LogP contribution is 2.53. The molecule has 3 heteroatoms. The van der Waals surface area contributed by atoms with E-state index in [0.717, 1.165) is 35.6 Å². The highest BCUT2D eigenvalue weighted by atomic mass is 35.5. The van der Waals surface area contributed by atoms with Gasteiger partial charge in [-0.2, -0.15) is 0 Å². The van der Waals surface area contributed by atoms with Gasteiger partial charge in [-0.3, -0.25) is 0 Å². The Morgan fingerprint density at radius 3 is 2.69 bits per heavy atom. The molecule has 1 N–H and O–H groups in total. The summed E-state index contributed by atoms with van der Waals surface area (Å²) in [5.74, 6) is 0. The van der Waals surface area contributed by atoms with E-state index in [1.165, 1.54) is 16.9 Å². The number of hydrogen-bond acceptors (Lipinski definition) is 2. The monoisotopic (exact) mass is 214 g/mol. The molecular formula is C10H11ClOS. The van der Waals surface area contributed by atoms with Crippen LogP contribution in [0.4, 0.5) is 0 Å². The van der Waals surface area contributed by atoms with E-state index in [2.05, 4.69) is 0 Å². The predicted octanol–water partition coefficient (Wildman–Crippen LogP) is 2.87. The standard InChI is InChI=1S/C10H11ClOS/c11-8-6-2-1-3-7(6)13-9(8)10(12)4-5-10/h12H,1-5H2. The number of halogens is 1. The molecule has 0 spiro atoms. The van der Waals surface area contributed by atoms with Gasteiger partial charge in [0.15, 0.2) is 0 Å². The summed E-state index contributed by atoms with van der Waals surface area (Å²) in [5, 5.41) is 10.8. The summed E-state index contributed by atoms with van der Waals surface area (Å²) in [4.78, 5) is 2.46.